The second-order valence-corrected chi connectivity index (χ2v) is 4.26. The van der Waals surface area contributed by atoms with E-state index >= 15 is 0 Å². The van der Waals surface area contributed by atoms with Crippen molar-refractivity contribution in [1.29, 1.82) is 0 Å². The Labute approximate surface area is 112 Å². The molecule has 1 aromatic carbocycles. The summed E-state index contributed by atoms with van der Waals surface area (Å²) in [7, 11) is 1.56. The highest BCUT2D eigenvalue weighted by atomic mass is 35.5. The van der Waals surface area contributed by atoms with Gasteiger partial charge in [-0.1, -0.05) is 11.6 Å². The zero-order valence-corrected chi connectivity index (χ0v) is 11.8. The van der Waals surface area contributed by atoms with Crippen LogP contribution >= 0.6 is 11.6 Å². The van der Waals surface area contributed by atoms with E-state index in [1.807, 2.05) is 6.92 Å². The van der Waals surface area contributed by atoms with Crippen LogP contribution in [-0.4, -0.2) is 19.5 Å². The molecule has 1 aromatic rings. The lowest BCUT2D eigenvalue weighted by atomic mass is 10.1. The van der Waals surface area contributed by atoms with Gasteiger partial charge in [0.1, 0.15) is 0 Å². The summed E-state index contributed by atoms with van der Waals surface area (Å²) in [5.41, 5.74) is 1.48. The van der Waals surface area contributed by atoms with Gasteiger partial charge in [-0.2, -0.15) is 0 Å². The number of hydrogen-bond acceptors (Lipinski definition) is 3. The number of carbonyl (C=O) groups is 1. The molecular weight excluding hydrogens is 252 g/mol. The molecule has 0 heterocycles. The van der Waals surface area contributed by atoms with Crippen molar-refractivity contribution >= 4 is 23.5 Å². The Kier molecular flexibility index (Phi) is 5.23. The Balaban J connectivity index is 3.22. The third-order valence-electron chi connectivity index (χ3n) is 2.48. The van der Waals surface area contributed by atoms with E-state index in [0.717, 1.165) is 5.56 Å². The molecule has 0 aromatic heterocycles. The van der Waals surface area contributed by atoms with Crippen LogP contribution in [0.3, 0.4) is 0 Å². The van der Waals surface area contributed by atoms with E-state index in [0.29, 0.717) is 28.7 Å². The molecule has 0 spiro atoms. The summed E-state index contributed by atoms with van der Waals surface area (Å²) in [4.78, 5) is 11.2. The maximum absolute atomic E-state index is 11.2. The van der Waals surface area contributed by atoms with Crippen molar-refractivity contribution in [3.63, 3.8) is 0 Å². The average molecular weight is 269 g/mol. The smallest absolute Gasteiger partial charge is 0.179 e. The molecule has 0 aliphatic carbocycles. The molecule has 0 fully saturated rings. The van der Waals surface area contributed by atoms with Gasteiger partial charge in [-0.05, 0) is 50.1 Å². The zero-order valence-electron chi connectivity index (χ0n) is 11.0. The van der Waals surface area contributed by atoms with Crippen LogP contribution in [-0.2, 0) is 4.79 Å². The van der Waals surface area contributed by atoms with E-state index in [2.05, 4.69) is 0 Å². The van der Waals surface area contributed by atoms with E-state index in [-0.39, 0.29) is 5.78 Å². The molecule has 0 N–H and O–H groups in total. The number of benzene rings is 1. The predicted molar refractivity (Wildman–Crippen MR) is 73.5 cm³/mol. The summed E-state index contributed by atoms with van der Waals surface area (Å²) in [6.45, 7) is 5.68. The Morgan fingerprint density at radius 1 is 1.39 bits per heavy atom. The Bertz CT molecular complexity index is 478. The van der Waals surface area contributed by atoms with Gasteiger partial charge in [0.15, 0.2) is 17.3 Å². The van der Waals surface area contributed by atoms with Gasteiger partial charge in [0.05, 0.1) is 18.7 Å². The lowest BCUT2D eigenvalue weighted by molar-refractivity contribution is -0.113. The Hall–Kier alpha value is -1.48. The Morgan fingerprint density at radius 3 is 2.56 bits per heavy atom. The van der Waals surface area contributed by atoms with E-state index in [4.69, 9.17) is 21.1 Å². The average Bonchev–Trinajstić information content (AvgIpc) is 2.32. The summed E-state index contributed by atoms with van der Waals surface area (Å²) < 4.78 is 10.7. The molecule has 0 radical (unpaired) electrons. The predicted octanol–water partition coefficient (Wildman–Crippen LogP) is 3.74. The van der Waals surface area contributed by atoms with Gasteiger partial charge in [-0.25, -0.2) is 0 Å². The summed E-state index contributed by atoms with van der Waals surface area (Å²) in [5.74, 6) is 1.12. The fraction of sp³-hybridized carbons (Fsp3) is 0.357. The highest BCUT2D eigenvalue weighted by Crippen LogP contribution is 2.36. The largest absolute Gasteiger partial charge is 0.493 e. The third-order valence-corrected chi connectivity index (χ3v) is 2.76. The van der Waals surface area contributed by atoms with E-state index in [1.54, 1.807) is 32.2 Å². The number of allylic oxidation sites excluding steroid dienone is 1. The highest BCUT2D eigenvalue weighted by Gasteiger charge is 2.11. The summed E-state index contributed by atoms with van der Waals surface area (Å²) in [5, 5.41) is 0.471. The van der Waals surface area contributed by atoms with Crippen LogP contribution in [0, 0.1) is 0 Å². The maximum atomic E-state index is 11.2. The van der Waals surface area contributed by atoms with E-state index < -0.39 is 0 Å². The van der Waals surface area contributed by atoms with Crippen LogP contribution in [0.15, 0.2) is 17.7 Å². The fourth-order valence-corrected chi connectivity index (χ4v) is 1.73. The number of ether oxygens (including phenoxy) is 2. The van der Waals surface area contributed by atoms with E-state index in [9.17, 15) is 4.79 Å². The molecule has 0 unspecified atom stereocenters. The minimum atomic E-state index is 0.0268. The maximum Gasteiger partial charge on any atom is 0.179 e. The SMILES string of the molecule is CCOc1c(Cl)cc(/C=C(/C)C(C)=O)cc1OC. The van der Waals surface area contributed by atoms with Gasteiger partial charge < -0.3 is 9.47 Å². The number of Topliss-reactive ketones (excluding diaryl/α,β-unsaturated/α-hetero) is 1. The van der Waals surface area contributed by atoms with Crippen molar-refractivity contribution in [3.05, 3.63) is 28.3 Å². The number of halogens is 1. The molecule has 4 heteroatoms. The number of methoxy groups -OCH3 is 1. The first-order valence-electron chi connectivity index (χ1n) is 5.69. The van der Waals surface area contributed by atoms with Gasteiger partial charge >= 0.3 is 0 Å². The fourth-order valence-electron chi connectivity index (χ4n) is 1.46. The third kappa shape index (κ3) is 3.50. The second kappa shape index (κ2) is 6.45. The summed E-state index contributed by atoms with van der Waals surface area (Å²) in [6.07, 6.45) is 1.77. The van der Waals surface area contributed by atoms with Gasteiger partial charge in [0, 0.05) is 0 Å². The molecule has 0 aliphatic heterocycles. The number of rotatable bonds is 5. The normalized spacial score (nSPS) is 11.3. The highest BCUT2D eigenvalue weighted by molar-refractivity contribution is 6.32. The van der Waals surface area contributed by atoms with Gasteiger partial charge in [0.25, 0.3) is 0 Å². The lowest BCUT2D eigenvalue weighted by Gasteiger charge is -2.12. The molecule has 98 valence electrons. The van der Waals surface area contributed by atoms with Gasteiger partial charge in [-0.15, -0.1) is 0 Å². The lowest BCUT2D eigenvalue weighted by Crippen LogP contribution is -1.97. The van der Waals surface area contributed by atoms with Crippen LogP contribution in [0.1, 0.15) is 26.3 Å². The quantitative estimate of drug-likeness (QED) is 0.763. The number of carbonyl (C=O) groups excluding carboxylic acids is 1. The van der Waals surface area contributed by atoms with E-state index in [1.165, 1.54) is 6.92 Å². The number of hydrogen-bond donors (Lipinski definition) is 0. The first-order valence-corrected chi connectivity index (χ1v) is 6.07. The molecule has 0 aliphatic rings. The van der Waals surface area contributed by atoms with Crippen LogP contribution in [0.4, 0.5) is 0 Å². The second-order valence-electron chi connectivity index (χ2n) is 3.85. The monoisotopic (exact) mass is 268 g/mol. The minimum Gasteiger partial charge on any atom is -0.493 e. The summed E-state index contributed by atoms with van der Waals surface area (Å²) in [6, 6.07) is 3.55. The van der Waals surface area contributed by atoms with Gasteiger partial charge in [0.2, 0.25) is 0 Å². The molecule has 0 bridgehead atoms. The first kappa shape index (κ1) is 14.6. The van der Waals surface area contributed by atoms with Crippen molar-refractivity contribution in [1.82, 2.24) is 0 Å². The standard InChI is InChI=1S/C14H17ClO3/c1-5-18-14-12(15)7-11(8-13(14)17-4)6-9(2)10(3)16/h6-8H,5H2,1-4H3/b9-6-. The van der Waals surface area contributed by atoms with Crippen molar-refractivity contribution in [2.24, 2.45) is 0 Å². The summed E-state index contributed by atoms with van der Waals surface area (Å²) >= 11 is 6.14. The number of ketones is 1. The topological polar surface area (TPSA) is 35.5 Å². The molecule has 0 saturated heterocycles. The molecule has 0 saturated carbocycles. The van der Waals surface area contributed by atoms with Crippen molar-refractivity contribution < 1.29 is 14.3 Å². The van der Waals surface area contributed by atoms with Crippen LogP contribution in [0.5, 0.6) is 11.5 Å². The van der Waals surface area contributed by atoms with Crippen LogP contribution in [0.2, 0.25) is 5.02 Å². The van der Waals surface area contributed by atoms with Crippen LogP contribution < -0.4 is 9.47 Å². The van der Waals surface area contributed by atoms with Crippen LogP contribution in [0.25, 0.3) is 6.08 Å². The molecule has 0 amide bonds. The van der Waals surface area contributed by atoms with Crippen molar-refractivity contribution in [3.8, 4) is 11.5 Å². The molecule has 18 heavy (non-hydrogen) atoms. The first-order chi connectivity index (χ1) is 8.49. The molecule has 1 rings (SSSR count). The zero-order chi connectivity index (χ0) is 13.7. The molecular formula is C14H17ClO3. The minimum absolute atomic E-state index is 0.0268. The molecule has 0 atom stereocenters. The van der Waals surface area contributed by atoms with Crippen molar-refractivity contribution in [2.45, 2.75) is 20.8 Å². The molecule has 3 nitrogen and oxygen atoms in total. The van der Waals surface area contributed by atoms with Crippen molar-refractivity contribution in [2.75, 3.05) is 13.7 Å². The van der Waals surface area contributed by atoms with Gasteiger partial charge in [-0.3, -0.25) is 4.79 Å². The Morgan fingerprint density at radius 2 is 2.06 bits per heavy atom.